The van der Waals surface area contributed by atoms with Crippen LogP contribution in [0.25, 0.3) is 0 Å². The molecule has 3 rings (SSSR count). The predicted molar refractivity (Wildman–Crippen MR) is 163 cm³/mol. The molecule has 0 aliphatic heterocycles. The SMILES string of the molecule is CCc1cc(CC(C)(C)C)cc(C=NC2CCCC(N=Cc3cc(CC(C)(C)C)cc(CC)c3O)C2)c1O. The number of aryl methyl sites for hydroxylation is 2. The maximum absolute atomic E-state index is 10.8. The molecule has 0 heterocycles. The van der Waals surface area contributed by atoms with Gasteiger partial charge >= 0.3 is 0 Å². The Morgan fingerprint density at radius 1 is 0.711 bits per heavy atom. The second-order valence-corrected chi connectivity index (χ2v) is 13.6. The van der Waals surface area contributed by atoms with Crippen LogP contribution in [-0.4, -0.2) is 34.7 Å². The van der Waals surface area contributed by atoms with Crippen molar-refractivity contribution >= 4 is 12.4 Å². The highest BCUT2D eigenvalue weighted by atomic mass is 16.3. The molecule has 4 heteroatoms. The van der Waals surface area contributed by atoms with Crippen molar-refractivity contribution in [2.45, 2.75) is 119 Å². The van der Waals surface area contributed by atoms with Crippen molar-refractivity contribution in [3.8, 4) is 11.5 Å². The minimum atomic E-state index is 0.184. The molecule has 0 bridgehead atoms. The molecule has 1 aliphatic rings. The van der Waals surface area contributed by atoms with Crippen molar-refractivity contribution in [1.29, 1.82) is 0 Å². The third-order valence-electron chi connectivity index (χ3n) is 7.25. The molecule has 2 N–H and O–H groups in total. The number of hydrogen-bond donors (Lipinski definition) is 2. The van der Waals surface area contributed by atoms with E-state index in [2.05, 4.69) is 79.7 Å². The lowest BCUT2D eigenvalue weighted by Crippen LogP contribution is -2.21. The van der Waals surface area contributed by atoms with Gasteiger partial charge in [0.25, 0.3) is 0 Å². The number of benzene rings is 2. The van der Waals surface area contributed by atoms with Gasteiger partial charge in [-0.1, -0.05) is 67.5 Å². The third-order valence-corrected chi connectivity index (χ3v) is 7.25. The second-order valence-electron chi connectivity index (χ2n) is 13.6. The highest BCUT2D eigenvalue weighted by molar-refractivity contribution is 5.85. The molecule has 208 valence electrons. The first-order valence-corrected chi connectivity index (χ1v) is 14.5. The van der Waals surface area contributed by atoms with Crippen molar-refractivity contribution in [2.24, 2.45) is 20.8 Å². The first kappa shape index (κ1) is 29.9. The number of aliphatic imine (C=N–C) groups is 2. The van der Waals surface area contributed by atoms with E-state index in [0.29, 0.717) is 11.5 Å². The van der Waals surface area contributed by atoms with Gasteiger partial charge in [0.15, 0.2) is 0 Å². The Morgan fingerprint density at radius 2 is 1.11 bits per heavy atom. The van der Waals surface area contributed by atoms with Crippen LogP contribution in [0.3, 0.4) is 0 Å². The van der Waals surface area contributed by atoms with Gasteiger partial charge < -0.3 is 10.2 Å². The predicted octanol–water partition coefficient (Wildman–Crippen LogP) is 8.25. The third kappa shape index (κ3) is 8.71. The second kappa shape index (κ2) is 12.5. The van der Waals surface area contributed by atoms with Crippen LogP contribution in [0, 0.1) is 10.8 Å². The van der Waals surface area contributed by atoms with E-state index < -0.39 is 0 Å². The van der Waals surface area contributed by atoms with Crippen LogP contribution in [0.1, 0.15) is 114 Å². The molecular weight excluding hydrogens is 468 g/mol. The number of nitrogens with zero attached hydrogens (tertiary/aromatic N) is 2. The molecule has 0 spiro atoms. The highest BCUT2D eigenvalue weighted by Crippen LogP contribution is 2.31. The molecule has 2 aromatic rings. The summed E-state index contributed by atoms with van der Waals surface area (Å²) in [5.41, 5.74) is 6.48. The van der Waals surface area contributed by atoms with Gasteiger partial charge in [0.05, 0.1) is 12.1 Å². The Balaban J connectivity index is 1.76. The summed E-state index contributed by atoms with van der Waals surface area (Å²) in [6, 6.07) is 8.85. The van der Waals surface area contributed by atoms with Gasteiger partial charge in [-0.3, -0.25) is 9.98 Å². The zero-order valence-corrected chi connectivity index (χ0v) is 25.1. The summed E-state index contributed by atoms with van der Waals surface area (Å²) < 4.78 is 0. The van der Waals surface area contributed by atoms with E-state index in [4.69, 9.17) is 9.98 Å². The molecule has 0 saturated heterocycles. The van der Waals surface area contributed by atoms with Crippen molar-refractivity contribution in [2.75, 3.05) is 0 Å². The Bertz CT molecular complexity index is 1060. The number of rotatable bonds is 8. The molecule has 2 aromatic carbocycles. The van der Waals surface area contributed by atoms with Gasteiger partial charge in [-0.2, -0.15) is 0 Å². The lowest BCUT2D eigenvalue weighted by atomic mass is 9.86. The minimum absolute atomic E-state index is 0.184. The van der Waals surface area contributed by atoms with Crippen LogP contribution in [0.15, 0.2) is 34.3 Å². The van der Waals surface area contributed by atoms with Crippen LogP contribution >= 0.6 is 0 Å². The summed E-state index contributed by atoms with van der Waals surface area (Å²) in [7, 11) is 0. The van der Waals surface area contributed by atoms with E-state index in [1.54, 1.807) is 0 Å². The average molecular weight is 519 g/mol. The van der Waals surface area contributed by atoms with Gasteiger partial charge in [-0.15, -0.1) is 0 Å². The smallest absolute Gasteiger partial charge is 0.127 e. The van der Waals surface area contributed by atoms with Crippen LogP contribution in [-0.2, 0) is 25.7 Å². The Morgan fingerprint density at radius 3 is 1.45 bits per heavy atom. The maximum atomic E-state index is 10.8. The summed E-state index contributed by atoms with van der Waals surface area (Å²) in [6.07, 6.45) is 11.3. The summed E-state index contributed by atoms with van der Waals surface area (Å²) >= 11 is 0. The summed E-state index contributed by atoms with van der Waals surface area (Å²) in [4.78, 5) is 9.85. The number of phenolic OH excluding ortho intramolecular Hbond substituents is 2. The molecule has 2 atom stereocenters. The van der Waals surface area contributed by atoms with Crippen molar-refractivity contribution < 1.29 is 10.2 Å². The minimum Gasteiger partial charge on any atom is -0.507 e. The van der Waals surface area contributed by atoms with Crippen molar-refractivity contribution in [3.63, 3.8) is 0 Å². The van der Waals surface area contributed by atoms with Gasteiger partial charge in [-0.05, 0) is 96.6 Å². The van der Waals surface area contributed by atoms with Gasteiger partial charge in [-0.25, -0.2) is 0 Å². The van der Waals surface area contributed by atoms with E-state index >= 15 is 0 Å². The largest absolute Gasteiger partial charge is 0.507 e. The monoisotopic (exact) mass is 518 g/mol. The topological polar surface area (TPSA) is 65.2 Å². The fourth-order valence-electron chi connectivity index (χ4n) is 5.52. The van der Waals surface area contributed by atoms with Crippen LogP contribution < -0.4 is 0 Å². The zero-order chi connectivity index (χ0) is 28.1. The maximum Gasteiger partial charge on any atom is 0.127 e. The van der Waals surface area contributed by atoms with Gasteiger partial charge in [0.2, 0.25) is 0 Å². The molecule has 1 aliphatic carbocycles. The molecule has 1 fully saturated rings. The lowest BCUT2D eigenvalue weighted by Gasteiger charge is -2.24. The molecule has 2 unspecified atom stereocenters. The molecule has 1 saturated carbocycles. The fourth-order valence-corrected chi connectivity index (χ4v) is 5.52. The number of hydrogen-bond acceptors (Lipinski definition) is 4. The Kier molecular flexibility index (Phi) is 9.84. The average Bonchev–Trinajstić information content (AvgIpc) is 2.82. The van der Waals surface area contributed by atoms with E-state index in [9.17, 15) is 10.2 Å². The summed E-state index contributed by atoms with van der Waals surface area (Å²) in [5, 5.41) is 21.7. The van der Waals surface area contributed by atoms with E-state index in [-0.39, 0.29) is 22.9 Å². The van der Waals surface area contributed by atoms with Gasteiger partial charge in [0, 0.05) is 23.6 Å². The highest BCUT2D eigenvalue weighted by Gasteiger charge is 2.21. The molecule has 0 aromatic heterocycles. The molecule has 38 heavy (non-hydrogen) atoms. The van der Waals surface area contributed by atoms with Crippen molar-refractivity contribution in [1.82, 2.24) is 0 Å². The summed E-state index contributed by atoms with van der Waals surface area (Å²) in [5.74, 6) is 0.716. The quantitative estimate of drug-likeness (QED) is 0.346. The fraction of sp³-hybridized carbons (Fsp3) is 0.588. The normalized spacial score (nSPS) is 19.1. The van der Waals surface area contributed by atoms with Crippen molar-refractivity contribution in [3.05, 3.63) is 57.6 Å². The van der Waals surface area contributed by atoms with Crippen LogP contribution in [0.2, 0.25) is 0 Å². The number of aromatic hydroxyl groups is 2. The van der Waals surface area contributed by atoms with Crippen LogP contribution in [0.4, 0.5) is 0 Å². The molecule has 4 nitrogen and oxygen atoms in total. The van der Waals surface area contributed by atoms with E-state index in [1.165, 1.54) is 11.1 Å². The Labute approximate surface area is 231 Å². The van der Waals surface area contributed by atoms with Gasteiger partial charge in [0.1, 0.15) is 11.5 Å². The first-order chi connectivity index (χ1) is 17.8. The zero-order valence-electron chi connectivity index (χ0n) is 25.1. The first-order valence-electron chi connectivity index (χ1n) is 14.5. The van der Waals surface area contributed by atoms with E-state index in [0.717, 1.165) is 73.6 Å². The lowest BCUT2D eigenvalue weighted by molar-refractivity contribution is 0.397. The standard InChI is InChI=1S/C34H50N2O2/c1-9-25-14-23(19-33(3,4)5)16-27(31(25)37)21-35-29-12-11-13-30(18-29)36-22-28-17-24(20-34(6,7)8)15-26(10-2)32(28)38/h14-17,21-22,29-30,37-38H,9-13,18-20H2,1-8H3. The Hall–Kier alpha value is -2.62. The molecule has 0 amide bonds. The number of phenols is 2. The van der Waals surface area contributed by atoms with E-state index in [1.807, 2.05) is 12.4 Å². The summed E-state index contributed by atoms with van der Waals surface area (Å²) in [6.45, 7) is 17.6. The molecular formula is C34H50N2O2. The van der Waals surface area contributed by atoms with Crippen LogP contribution in [0.5, 0.6) is 11.5 Å². The molecule has 0 radical (unpaired) electrons.